The molecule has 0 unspecified atom stereocenters. The van der Waals surface area contributed by atoms with Gasteiger partial charge in [0.1, 0.15) is 11.3 Å². The summed E-state index contributed by atoms with van der Waals surface area (Å²) >= 11 is 5.19. The SMILES string of the molecule is C[Si](C)(C)CCOC(=O)N1CCC(Cc2nc3c(F)c(Br)c(I)cc3c(=O)[nH]2)CC1. The van der Waals surface area contributed by atoms with Gasteiger partial charge in [0, 0.05) is 31.2 Å². The van der Waals surface area contributed by atoms with Gasteiger partial charge in [-0.1, -0.05) is 19.6 Å². The predicted octanol–water partition coefficient (Wildman–Crippen LogP) is 5.16. The first-order valence-electron chi connectivity index (χ1n) is 10.0. The molecule has 10 heteroatoms. The third kappa shape index (κ3) is 5.81. The van der Waals surface area contributed by atoms with E-state index < -0.39 is 13.9 Å². The summed E-state index contributed by atoms with van der Waals surface area (Å²) in [4.78, 5) is 33.6. The quantitative estimate of drug-likeness (QED) is 0.289. The number of nitrogens with one attached hydrogen (secondary N) is 1. The number of ether oxygens (including phenoxy) is 1. The van der Waals surface area contributed by atoms with E-state index in [9.17, 15) is 14.0 Å². The van der Waals surface area contributed by atoms with Crippen LogP contribution in [0.15, 0.2) is 15.3 Å². The van der Waals surface area contributed by atoms with Crippen LogP contribution in [0.5, 0.6) is 0 Å². The molecule has 0 saturated carbocycles. The minimum atomic E-state index is -1.22. The molecule has 6 nitrogen and oxygen atoms in total. The number of aromatic nitrogens is 2. The van der Waals surface area contributed by atoms with Crippen LogP contribution in [0.25, 0.3) is 10.9 Å². The van der Waals surface area contributed by atoms with Crippen LogP contribution in [-0.4, -0.2) is 48.7 Å². The third-order valence-electron chi connectivity index (χ3n) is 5.32. The van der Waals surface area contributed by atoms with E-state index in [0.29, 0.717) is 40.0 Å². The Balaban J connectivity index is 1.60. The fourth-order valence-electron chi connectivity index (χ4n) is 3.45. The normalized spacial score (nSPS) is 15.6. The number of halogens is 3. The zero-order chi connectivity index (χ0) is 22.1. The van der Waals surface area contributed by atoms with Gasteiger partial charge in [-0.05, 0) is 69.4 Å². The van der Waals surface area contributed by atoms with E-state index in [2.05, 4.69) is 45.5 Å². The van der Waals surface area contributed by atoms with Crippen molar-refractivity contribution in [2.75, 3.05) is 19.7 Å². The number of benzene rings is 1. The molecule has 30 heavy (non-hydrogen) atoms. The molecule has 1 fully saturated rings. The lowest BCUT2D eigenvalue weighted by atomic mass is 9.93. The number of hydrogen-bond donors (Lipinski definition) is 1. The maximum absolute atomic E-state index is 14.6. The van der Waals surface area contributed by atoms with Crippen LogP contribution in [0.2, 0.25) is 25.7 Å². The molecule has 1 aromatic carbocycles. The van der Waals surface area contributed by atoms with E-state index >= 15 is 0 Å². The van der Waals surface area contributed by atoms with Crippen LogP contribution in [0.4, 0.5) is 9.18 Å². The Morgan fingerprint density at radius 1 is 1.40 bits per heavy atom. The van der Waals surface area contributed by atoms with Crippen molar-refractivity contribution in [3.05, 3.63) is 36.1 Å². The highest BCUT2D eigenvalue weighted by Gasteiger charge is 2.25. The van der Waals surface area contributed by atoms with E-state index in [1.54, 1.807) is 11.0 Å². The van der Waals surface area contributed by atoms with Crippen LogP contribution in [0.3, 0.4) is 0 Å². The average Bonchev–Trinajstić information content (AvgIpc) is 2.67. The Bertz CT molecular complexity index is 1000. The number of carbonyl (C=O) groups excluding carboxylic acids is 1. The van der Waals surface area contributed by atoms with Crippen LogP contribution in [-0.2, 0) is 11.2 Å². The second kappa shape index (κ2) is 9.64. The molecule has 2 aromatic rings. The largest absolute Gasteiger partial charge is 0.450 e. The van der Waals surface area contributed by atoms with Crippen molar-refractivity contribution in [2.24, 2.45) is 5.92 Å². The number of aromatic amines is 1. The number of likely N-dealkylation sites (tertiary alicyclic amines) is 1. The summed E-state index contributed by atoms with van der Waals surface area (Å²) in [5, 5.41) is 0.250. The highest BCUT2D eigenvalue weighted by atomic mass is 127. The second-order valence-electron chi connectivity index (χ2n) is 8.95. The van der Waals surface area contributed by atoms with E-state index in [1.807, 2.05) is 22.6 Å². The second-order valence-corrected chi connectivity index (χ2v) is 16.5. The molecule has 0 radical (unpaired) electrons. The van der Waals surface area contributed by atoms with Crippen molar-refractivity contribution in [3.8, 4) is 0 Å². The summed E-state index contributed by atoms with van der Waals surface area (Å²) < 4.78 is 21.0. The highest BCUT2D eigenvalue weighted by Crippen LogP contribution is 2.28. The van der Waals surface area contributed by atoms with Crippen LogP contribution in [0, 0.1) is 15.3 Å². The predicted molar refractivity (Wildman–Crippen MR) is 130 cm³/mol. The van der Waals surface area contributed by atoms with Crippen molar-refractivity contribution < 1.29 is 13.9 Å². The molecule has 2 heterocycles. The lowest BCUT2D eigenvalue weighted by molar-refractivity contribution is 0.0914. The molecule has 1 amide bonds. The molecule has 1 saturated heterocycles. The fraction of sp³-hybridized carbons (Fsp3) is 0.550. The first-order valence-corrected chi connectivity index (χ1v) is 15.6. The topological polar surface area (TPSA) is 75.3 Å². The number of rotatable bonds is 5. The molecular weight excluding hydrogens is 584 g/mol. The van der Waals surface area contributed by atoms with E-state index in [1.165, 1.54) is 0 Å². The molecular formula is C20H26BrFIN3O3Si. The molecule has 3 rings (SSSR count). The van der Waals surface area contributed by atoms with Gasteiger partial charge in [0.25, 0.3) is 5.56 Å². The van der Waals surface area contributed by atoms with Gasteiger partial charge in [-0.25, -0.2) is 14.2 Å². The zero-order valence-electron chi connectivity index (χ0n) is 17.4. The molecule has 0 aliphatic carbocycles. The van der Waals surface area contributed by atoms with Crippen LogP contribution >= 0.6 is 38.5 Å². The Labute approximate surface area is 198 Å². The molecule has 0 bridgehead atoms. The number of fused-ring (bicyclic) bond motifs is 1. The average molecular weight is 610 g/mol. The number of carbonyl (C=O) groups is 1. The number of piperidine rings is 1. The summed E-state index contributed by atoms with van der Waals surface area (Å²) in [7, 11) is -1.22. The number of nitrogens with zero attached hydrogens (tertiary/aromatic N) is 2. The van der Waals surface area contributed by atoms with Gasteiger partial charge in [0.2, 0.25) is 0 Å². The Morgan fingerprint density at radius 2 is 2.07 bits per heavy atom. The van der Waals surface area contributed by atoms with E-state index in [-0.39, 0.29) is 28.5 Å². The molecule has 0 atom stereocenters. The summed E-state index contributed by atoms with van der Waals surface area (Å²) in [5.74, 6) is 0.239. The van der Waals surface area contributed by atoms with E-state index in [4.69, 9.17) is 4.74 Å². The highest BCUT2D eigenvalue weighted by molar-refractivity contribution is 14.1. The van der Waals surface area contributed by atoms with Crippen LogP contribution < -0.4 is 5.56 Å². The molecule has 164 valence electrons. The van der Waals surface area contributed by atoms with Gasteiger partial charge in [-0.3, -0.25) is 4.79 Å². The summed E-state index contributed by atoms with van der Waals surface area (Å²) in [6.45, 7) is 8.48. The first kappa shape index (κ1) is 23.6. The summed E-state index contributed by atoms with van der Waals surface area (Å²) in [6, 6.07) is 2.59. The maximum atomic E-state index is 14.6. The van der Waals surface area contributed by atoms with Gasteiger partial charge in [-0.15, -0.1) is 0 Å². The summed E-state index contributed by atoms with van der Waals surface area (Å²) in [5.41, 5.74) is -0.243. The molecule has 1 aromatic heterocycles. The molecule has 1 aliphatic rings. The molecule has 0 spiro atoms. The lowest BCUT2D eigenvalue weighted by Gasteiger charge is -2.31. The van der Waals surface area contributed by atoms with Crippen molar-refractivity contribution in [3.63, 3.8) is 0 Å². The number of H-pyrrole nitrogens is 1. The number of amides is 1. The van der Waals surface area contributed by atoms with Gasteiger partial charge in [0.05, 0.1) is 16.5 Å². The zero-order valence-corrected chi connectivity index (χ0v) is 22.1. The van der Waals surface area contributed by atoms with Crippen molar-refractivity contribution >= 4 is 63.6 Å². The Morgan fingerprint density at radius 3 is 2.70 bits per heavy atom. The van der Waals surface area contributed by atoms with Crippen molar-refractivity contribution in [2.45, 2.75) is 44.9 Å². The molecule has 1 N–H and O–H groups in total. The first-order chi connectivity index (χ1) is 14.0. The van der Waals surface area contributed by atoms with Crippen molar-refractivity contribution in [1.29, 1.82) is 0 Å². The minimum absolute atomic E-state index is 0.0875. The Kier molecular flexibility index (Phi) is 7.60. The monoisotopic (exact) mass is 609 g/mol. The standard InChI is InChI=1S/C20H26BrFIN3O3Si/c1-30(2,3)9-8-29-20(28)26-6-4-12(5-7-26)10-15-24-18-13(19(27)25-15)11-14(23)16(21)17(18)22/h11-12H,4-10H2,1-3H3,(H,24,25,27). The fourth-order valence-corrected chi connectivity index (χ4v) is 5.02. The van der Waals surface area contributed by atoms with Gasteiger partial charge < -0.3 is 14.6 Å². The third-order valence-corrected chi connectivity index (χ3v) is 9.39. The minimum Gasteiger partial charge on any atom is -0.450 e. The van der Waals surface area contributed by atoms with Gasteiger partial charge in [-0.2, -0.15) is 0 Å². The maximum Gasteiger partial charge on any atom is 0.409 e. The van der Waals surface area contributed by atoms with Crippen molar-refractivity contribution in [1.82, 2.24) is 14.9 Å². The lowest BCUT2D eigenvalue weighted by Crippen LogP contribution is -2.40. The number of hydrogen-bond acceptors (Lipinski definition) is 4. The smallest absolute Gasteiger partial charge is 0.409 e. The van der Waals surface area contributed by atoms with Gasteiger partial charge >= 0.3 is 6.09 Å². The summed E-state index contributed by atoms with van der Waals surface area (Å²) in [6.07, 6.45) is 1.89. The Hall–Kier alpha value is -1.01. The van der Waals surface area contributed by atoms with E-state index in [0.717, 1.165) is 18.9 Å². The van der Waals surface area contributed by atoms with Gasteiger partial charge in [0.15, 0.2) is 5.82 Å². The van der Waals surface area contributed by atoms with Crippen LogP contribution in [0.1, 0.15) is 18.7 Å². The molecule has 1 aliphatic heterocycles.